The third-order valence-electron chi connectivity index (χ3n) is 6.47. The molecule has 1 fully saturated rings. The summed E-state index contributed by atoms with van der Waals surface area (Å²) in [7, 11) is 0. The van der Waals surface area contributed by atoms with Crippen molar-refractivity contribution in [2.45, 2.75) is 39.7 Å². The zero-order chi connectivity index (χ0) is 22.4. The molecular formula is C27H26FN3O. The van der Waals surface area contributed by atoms with Crippen LogP contribution in [-0.2, 0) is 11.3 Å². The number of nitrogens with zero attached hydrogens (tertiary/aromatic N) is 3. The van der Waals surface area contributed by atoms with E-state index in [2.05, 4.69) is 43.5 Å². The summed E-state index contributed by atoms with van der Waals surface area (Å²) in [5, 5.41) is 0. The molecule has 0 N–H and O–H groups in total. The van der Waals surface area contributed by atoms with Crippen molar-refractivity contribution < 1.29 is 9.18 Å². The minimum atomic E-state index is -0.303. The summed E-state index contributed by atoms with van der Waals surface area (Å²) < 4.78 is 15.6. The van der Waals surface area contributed by atoms with Gasteiger partial charge in [0.25, 0.3) is 0 Å². The quantitative estimate of drug-likeness (QED) is 0.421. The van der Waals surface area contributed by atoms with Crippen LogP contribution in [0.1, 0.15) is 40.4 Å². The van der Waals surface area contributed by atoms with Crippen molar-refractivity contribution in [3.05, 3.63) is 94.6 Å². The Morgan fingerprint density at radius 3 is 2.41 bits per heavy atom. The van der Waals surface area contributed by atoms with E-state index >= 15 is 0 Å². The Labute approximate surface area is 187 Å². The van der Waals surface area contributed by atoms with Crippen molar-refractivity contribution in [2.75, 3.05) is 11.4 Å². The van der Waals surface area contributed by atoms with Crippen LogP contribution < -0.4 is 4.90 Å². The first-order valence-corrected chi connectivity index (χ1v) is 11.0. The molecule has 1 saturated heterocycles. The van der Waals surface area contributed by atoms with E-state index in [0.717, 1.165) is 29.1 Å². The minimum Gasteiger partial charge on any atom is -0.323 e. The monoisotopic (exact) mass is 427 g/mol. The molecule has 0 aliphatic carbocycles. The van der Waals surface area contributed by atoms with Crippen LogP contribution in [0, 0.1) is 26.6 Å². The van der Waals surface area contributed by atoms with Gasteiger partial charge < -0.3 is 9.47 Å². The van der Waals surface area contributed by atoms with Crippen LogP contribution in [0.15, 0.2) is 60.7 Å². The number of anilines is 1. The third-order valence-corrected chi connectivity index (χ3v) is 6.47. The smallest absolute Gasteiger partial charge is 0.227 e. The van der Waals surface area contributed by atoms with E-state index in [-0.39, 0.29) is 17.6 Å². The van der Waals surface area contributed by atoms with Crippen molar-refractivity contribution in [3.8, 4) is 0 Å². The average molecular weight is 428 g/mol. The molecule has 1 atom stereocenters. The molecule has 5 rings (SSSR count). The zero-order valence-electron chi connectivity index (χ0n) is 18.6. The molecule has 0 bridgehead atoms. The first-order valence-electron chi connectivity index (χ1n) is 11.0. The predicted octanol–water partition coefficient (Wildman–Crippen LogP) is 5.67. The number of hydrogen-bond donors (Lipinski definition) is 0. The van der Waals surface area contributed by atoms with Gasteiger partial charge in [-0.1, -0.05) is 29.8 Å². The van der Waals surface area contributed by atoms with E-state index in [4.69, 9.17) is 4.98 Å². The Hall–Kier alpha value is -3.47. The number of fused-ring (bicyclic) bond motifs is 1. The lowest BCUT2D eigenvalue weighted by Gasteiger charge is -2.19. The lowest BCUT2D eigenvalue weighted by molar-refractivity contribution is -0.117. The van der Waals surface area contributed by atoms with Crippen molar-refractivity contribution in [3.63, 3.8) is 0 Å². The van der Waals surface area contributed by atoms with Crippen molar-refractivity contribution in [1.29, 1.82) is 0 Å². The maximum atomic E-state index is 13.4. The number of benzene rings is 3. The average Bonchev–Trinajstić information content (AvgIpc) is 3.32. The summed E-state index contributed by atoms with van der Waals surface area (Å²) in [6, 6.07) is 18.7. The first-order chi connectivity index (χ1) is 15.4. The molecule has 0 unspecified atom stereocenters. The summed E-state index contributed by atoms with van der Waals surface area (Å²) in [6.45, 7) is 7.69. The Balaban J connectivity index is 1.55. The molecule has 4 aromatic rings. The summed E-state index contributed by atoms with van der Waals surface area (Å²) in [5.74, 6) is 0.653. The number of halogens is 1. The van der Waals surface area contributed by atoms with Crippen molar-refractivity contribution in [2.24, 2.45) is 0 Å². The second-order valence-corrected chi connectivity index (χ2v) is 8.80. The Kier molecular flexibility index (Phi) is 5.04. The predicted molar refractivity (Wildman–Crippen MR) is 126 cm³/mol. The van der Waals surface area contributed by atoms with Crippen LogP contribution >= 0.6 is 0 Å². The molecule has 5 heteroatoms. The van der Waals surface area contributed by atoms with Crippen LogP contribution in [0.5, 0.6) is 0 Å². The number of hydrogen-bond acceptors (Lipinski definition) is 2. The molecule has 162 valence electrons. The van der Waals surface area contributed by atoms with E-state index in [9.17, 15) is 9.18 Å². The summed E-state index contributed by atoms with van der Waals surface area (Å²) in [6.07, 6.45) is 0.395. The maximum Gasteiger partial charge on any atom is 0.227 e. The molecule has 0 saturated carbocycles. The number of carbonyl (C=O) groups is 1. The van der Waals surface area contributed by atoms with Crippen LogP contribution in [-0.4, -0.2) is 22.0 Å². The van der Waals surface area contributed by atoms with Crippen molar-refractivity contribution in [1.82, 2.24) is 9.55 Å². The van der Waals surface area contributed by atoms with Crippen LogP contribution in [0.2, 0.25) is 0 Å². The highest BCUT2D eigenvalue weighted by molar-refractivity contribution is 5.96. The van der Waals surface area contributed by atoms with E-state index in [1.54, 1.807) is 17.0 Å². The lowest BCUT2D eigenvalue weighted by atomic mass is 9.99. The summed E-state index contributed by atoms with van der Waals surface area (Å²) in [5.41, 5.74) is 7.83. The van der Waals surface area contributed by atoms with E-state index in [1.165, 1.54) is 34.4 Å². The number of para-hydroxylation sites is 2. The number of aryl methyl sites for hydroxylation is 3. The molecular weight excluding hydrogens is 401 g/mol. The Morgan fingerprint density at radius 2 is 1.69 bits per heavy atom. The van der Waals surface area contributed by atoms with E-state index in [0.29, 0.717) is 13.0 Å². The van der Waals surface area contributed by atoms with Crippen LogP contribution in [0.3, 0.4) is 0 Å². The zero-order valence-corrected chi connectivity index (χ0v) is 18.6. The molecule has 32 heavy (non-hydrogen) atoms. The third kappa shape index (κ3) is 3.58. The highest BCUT2D eigenvalue weighted by atomic mass is 19.1. The highest BCUT2D eigenvalue weighted by Crippen LogP contribution is 2.34. The normalized spacial score (nSPS) is 16.3. The molecule has 0 radical (unpaired) electrons. The number of carbonyl (C=O) groups excluding carboxylic acids is 1. The number of amides is 1. The van der Waals surface area contributed by atoms with Gasteiger partial charge in [-0.2, -0.15) is 0 Å². The van der Waals surface area contributed by atoms with Gasteiger partial charge in [-0.05, 0) is 73.9 Å². The Bertz CT molecular complexity index is 1300. The van der Waals surface area contributed by atoms with E-state index < -0.39 is 0 Å². The van der Waals surface area contributed by atoms with Gasteiger partial charge in [0.1, 0.15) is 11.6 Å². The Morgan fingerprint density at radius 1 is 1.00 bits per heavy atom. The molecule has 4 nitrogen and oxygen atoms in total. The number of rotatable bonds is 4. The summed E-state index contributed by atoms with van der Waals surface area (Å²) in [4.78, 5) is 19.6. The second kappa shape index (κ2) is 7.90. The maximum absolute atomic E-state index is 13.4. The van der Waals surface area contributed by atoms with Gasteiger partial charge in [0.2, 0.25) is 5.91 Å². The summed E-state index contributed by atoms with van der Waals surface area (Å²) >= 11 is 0. The number of imidazole rings is 1. The minimum absolute atomic E-state index is 0.0222. The second-order valence-electron chi connectivity index (χ2n) is 8.80. The molecule has 1 aromatic heterocycles. The first kappa shape index (κ1) is 20.4. The topological polar surface area (TPSA) is 38.1 Å². The highest BCUT2D eigenvalue weighted by Gasteiger charge is 2.35. The van der Waals surface area contributed by atoms with Crippen LogP contribution in [0.4, 0.5) is 10.1 Å². The fourth-order valence-corrected chi connectivity index (χ4v) is 4.94. The largest absolute Gasteiger partial charge is 0.323 e. The number of aromatic nitrogens is 2. The lowest BCUT2D eigenvalue weighted by Crippen LogP contribution is -2.24. The molecule has 1 aliphatic heterocycles. The SMILES string of the molecule is Cc1cc(C)c(Cn2c([C@@H]3CC(=O)N(c4ccc(F)cc4)C3)nc3ccccc32)c(C)c1. The van der Waals surface area contributed by atoms with Gasteiger partial charge in [0.15, 0.2) is 0 Å². The fourth-order valence-electron chi connectivity index (χ4n) is 4.94. The van der Waals surface area contributed by atoms with Crippen molar-refractivity contribution >= 4 is 22.6 Å². The standard InChI is InChI=1S/C27H26FN3O/c1-17-12-18(2)23(19(3)13-17)16-31-25-7-5-4-6-24(25)29-27(31)20-14-26(32)30(15-20)22-10-8-21(28)9-11-22/h4-13,20H,14-16H2,1-3H3/t20-/m1/s1. The molecule has 1 aliphatic rings. The van der Waals surface area contributed by atoms with Gasteiger partial charge in [0, 0.05) is 31.1 Å². The fraction of sp³-hybridized carbons (Fsp3) is 0.259. The van der Waals surface area contributed by atoms with Gasteiger partial charge in [-0.25, -0.2) is 9.37 Å². The van der Waals surface area contributed by atoms with Gasteiger partial charge in [-0.15, -0.1) is 0 Å². The molecule has 3 aromatic carbocycles. The van der Waals surface area contributed by atoms with Gasteiger partial charge in [0.05, 0.1) is 11.0 Å². The molecule has 0 spiro atoms. The van der Waals surface area contributed by atoms with Gasteiger partial charge >= 0.3 is 0 Å². The van der Waals surface area contributed by atoms with E-state index in [1.807, 2.05) is 18.2 Å². The van der Waals surface area contributed by atoms with Gasteiger partial charge in [-0.3, -0.25) is 4.79 Å². The molecule has 1 amide bonds. The molecule has 2 heterocycles. The van der Waals surface area contributed by atoms with Crippen LogP contribution in [0.25, 0.3) is 11.0 Å².